The van der Waals surface area contributed by atoms with Gasteiger partial charge in [0.25, 0.3) is 5.56 Å². The van der Waals surface area contributed by atoms with Crippen LogP contribution in [-0.2, 0) is 16.1 Å². The van der Waals surface area contributed by atoms with Crippen molar-refractivity contribution in [1.82, 2.24) is 9.78 Å². The molecule has 0 amide bonds. The predicted octanol–water partition coefficient (Wildman–Crippen LogP) is 2.06. The number of esters is 1. The van der Waals surface area contributed by atoms with Gasteiger partial charge in [0.1, 0.15) is 11.6 Å². The molecule has 1 aromatic heterocycles. The Balaban J connectivity index is 3.00. The summed E-state index contributed by atoms with van der Waals surface area (Å²) in [4.78, 5) is 23.2. The lowest BCUT2D eigenvalue weighted by Gasteiger charge is -2.27. The monoisotopic (exact) mass is 301 g/mol. The number of rotatable bonds is 6. The first kappa shape index (κ1) is 16.5. The second-order valence-electron chi connectivity index (χ2n) is 5.17. The summed E-state index contributed by atoms with van der Waals surface area (Å²) in [6, 6.07) is 0. The highest BCUT2D eigenvalue weighted by Gasteiger charge is 2.19. The summed E-state index contributed by atoms with van der Waals surface area (Å²) in [5, 5.41) is 7.15. The summed E-state index contributed by atoms with van der Waals surface area (Å²) < 4.78 is 5.47. The van der Waals surface area contributed by atoms with E-state index in [0.717, 1.165) is 17.5 Å². The van der Waals surface area contributed by atoms with Crippen LogP contribution in [0.4, 0.5) is 5.69 Å². The fourth-order valence-electron chi connectivity index (χ4n) is 1.90. The molecule has 0 bridgehead atoms. The smallest absolute Gasteiger partial charge is 0.327 e. The molecule has 0 atom stereocenters. The topological polar surface area (TPSA) is 73.2 Å². The number of nitrogens with zero attached hydrogens (tertiary/aromatic N) is 2. The number of anilines is 1. The molecule has 1 rings (SSSR count). The molecular formula is C13H20ClN3O3. The second kappa shape index (κ2) is 6.74. The van der Waals surface area contributed by atoms with E-state index in [-0.39, 0.29) is 17.1 Å². The maximum Gasteiger partial charge on any atom is 0.327 e. The van der Waals surface area contributed by atoms with Crippen molar-refractivity contribution in [2.45, 2.75) is 45.7 Å². The van der Waals surface area contributed by atoms with Gasteiger partial charge in [-0.15, -0.1) is 0 Å². The number of halogens is 1. The van der Waals surface area contributed by atoms with Gasteiger partial charge in [-0.05, 0) is 20.3 Å². The number of aromatic nitrogens is 2. The summed E-state index contributed by atoms with van der Waals surface area (Å²) >= 11 is 6.04. The van der Waals surface area contributed by atoms with Gasteiger partial charge in [-0.25, -0.2) is 4.68 Å². The maximum absolute atomic E-state index is 12.0. The minimum Gasteiger partial charge on any atom is -0.468 e. The number of methoxy groups -OCH3 is 1. The largest absolute Gasteiger partial charge is 0.468 e. The van der Waals surface area contributed by atoms with Crippen LogP contribution < -0.4 is 10.9 Å². The fraction of sp³-hybridized carbons (Fsp3) is 0.615. The third-order valence-electron chi connectivity index (χ3n) is 2.84. The van der Waals surface area contributed by atoms with Crippen molar-refractivity contribution in [3.8, 4) is 0 Å². The Kier molecular flexibility index (Phi) is 5.56. The van der Waals surface area contributed by atoms with Crippen molar-refractivity contribution in [2.75, 3.05) is 12.4 Å². The summed E-state index contributed by atoms with van der Waals surface area (Å²) in [7, 11) is 1.25. The zero-order valence-electron chi connectivity index (χ0n) is 12.2. The lowest BCUT2D eigenvalue weighted by molar-refractivity contribution is -0.141. The highest BCUT2D eigenvalue weighted by Crippen LogP contribution is 2.23. The Bertz CT molecular complexity index is 540. The van der Waals surface area contributed by atoms with Gasteiger partial charge in [-0.3, -0.25) is 9.59 Å². The minimum atomic E-state index is -0.553. The average Bonchev–Trinajstić information content (AvgIpc) is 2.38. The van der Waals surface area contributed by atoms with Crippen LogP contribution in [0.1, 0.15) is 33.6 Å². The molecule has 0 spiro atoms. The van der Waals surface area contributed by atoms with Crippen LogP contribution >= 0.6 is 11.6 Å². The summed E-state index contributed by atoms with van der Waals surface area (Å²) in [6.45, 7) is 5.87. The van der Waals surface area contributed by atoms with E-state index in [1.807, 2.05) is 13.8 Å². The van der Waals surface area contributed by atoms with E-state index in [9.17, 15) is 9.59 Å². The normalized spacial score (nSPS) is 11.2. The SMILES string of the molecule is CCCC(C)(C)Nc1cnn(CC(=O)OC)c(=O)c1Cl. The molecule has 0 radical (unpaired) electrons. The van der Waals surface area contributed by atoms with Gasteiger partial charge in [0, 0.05) is 5.54 Å². The van der Waals surface area contributed by atoms with Gasteiger partial charge in [-0.1, -0.05) is 24.9 Å². The first-order chi connectivity index (χ1) is 9.30. The van der Waals surface area contributed by atoms with Gasteiger partial charge >= 0.3 is 5.97 Å². The van der Waals surface area contributed by atoms with E-state index in [1.165, 1.54) is 13.3 Å². The average molecular weight is 302 g/mol. The summed E-state index contributed by atoms with van der Waals surface area (Å²) in [5.41, 5.74) is -0.244. The third kappa shape index (κ3) is 4.23. The van der Waals surface area contributed by atoms with Gasteiger partial charge in [0.15, 0.2) is 0 Å². The standard InChI is InChI=1S/C13H20ClN3O3/c1-5-6-13(2,3)16-9-7-15-17(8-10(18)20-4)12(19)11(9)14/h7,16H,5-6,8H2,1-4H3. The fourth-order valence-corrected chi connectivity index (χ4v) is 2.10. The van der Waals surface area contributed by atoms with Crippen LogP contribution in [0.5, 0.6) is 0 Å². The third-order valence-corrected chi connectivity index (χ3v) is 3.20. The van der Waals surface area contributed by atoms with Gasteiger partial charge in [0.05, 0.1) is 19.0 Å². The quantitative estimate of drug-likeness (QED) is 0.814. The maximum atomic E-state index is 12.0. The molecule has 0 aliphatic heterocycles. The molecule has 112 valence electrons. The van der Waals surface area contributed by atoms with E-state index in [0.29, 0.717) is 5.69 Å². The molecular weight excluding hydrogens is 282 g/mol. The zero-order valence-corrected chi connectivity index (χ0v) is 13.0. The predicted molar refractivity (Wildman–Crippen MR) is 78.1 cm³/mol. The van der Waals surface area contributed by atoms with Crippen molar-refractivity contribution in [2.24, 2.45) is 0 Å². The van der Waals surface area contributed by atoms with E-state index < -0.39 is 11.5 Å². The number of carbonyl (C=O) groups excluding carboxylic acids is 1. The van der Waals surface area contributed by atoms with Crippen LogP contribution in [0.15, 0.2) is 11.0 Å². The summed E-state index contributed by atoms with van der Waals surface area (Å²) in [6.07, 6.45) is 3.38. The number of ether oxygens (including phenoxy) is 1. The molecule has 20 heavy (non-hydrogen) atoms. The minimum absolute atomic E-state index is 0.0214. The Hall–Kier alpha value is -1.56. The van der Waals surface area contributed by atoms with Crippen molar-refractivity contribution in [3.05, 3.63) is 21.6 Å². The van der Waals surface area contributed by atoms with Crippen molar-refractivity contribution < 1.29 is 9.53 Å². The lowest BCUT2D eigenvalue weighted by Crippen LogP contribution is -2.33. The molecule has 0 aliphatic rings. The van der Waals surface area contributed by atoms with E-state index >= 15 is 0 Å². The molecule has 0 fully saturated rings. The molecule has 0 aliphatic carbocycles. The van der Waals surface area contributed by atoms with Crippen LogP contribution in [0.2, 0.25) is 5.02 Å². The van der Waals surface area contributed by atoms with Crippen molar-refractivity contribution >= 4 is 23.3 Å². The first-order valence-corrected chi connectivity index (χ1v) is 6.79. The Labute approximate surface area is 123 Å². The number of carbonyl (C=O) groups is 1. The molecule has 1 heterocycles. The number of hydrogen-bond donors (Lipinski definition) is 1. The van der Waals surface area contributed by atoms with Crippen LogP contribution in [-0.4, -0.2) is 28.4 Å². The Morgan fingerprint density at radius 3 is 2.75 bits per heavy atom. The lowest BCUT2D eigenvalue weighted by atomic mass is 9.99. The first-order valence-electron chi connectivity index (χ1n) is 6.41. The van der Waals surface area contributed by atoms with Crippen molar-refractivity contribution in [3.63, 3.8) is 0 Å². The summed E-state index contributed by atoms with van der Waals surface area (Å²) in [5.74, 6) is -0.553. The van der Waals surface area contributed by atoms with Crippen LogP contribution in [0.25, 0.3) is 0 Å². The van der Waals surface area contributed by atoms with E-state index in [4.69, 9.17) is 11.6 Å². The highest BCUT2D eigenvalue weighted by molar-refractivity contribution is 6.32. The Morgan fingerprint density at radius 1 is 1.55 bits per heavy atom. The molecule has 0 unspecified atom stereocenters. The number of hydrogen-bond acceptors (Lipinski definition) is 5. The van der Waals surface area contributed by atoms with Gasteiger partial charge in [0.2, 0.25) is 0 Å². The molecule has 0 aromatic carbocycles. The number of nitrogens with one attached hydrogen (secondary N) is 1. The van der Waals surface area contributed by atoms with Crippen molar-refractivity contribution in [1.29, 1.82) is 0 Å². The molecule has 0 saturated heterocycles. The van der Waals surface area contributed by atoms with E-state index in [1.54, 1.807) is 0 Å². The molecule has 1 aromatic rings. The van der Waals surface area contributed by atoms with E-state index in [2.05, 4.69) is 22.1 Å². The molecule has 1 N–H and O–H groups in total. The van der Waals surface area contributed by atoms with Crippen LogP contribution in [0.3, 0.4) is 0 Å². The van der Waals surface area contributed by atoms with Gasteiger partial charge in [-0.2, -0.15) is 5.10 Å². The molecule has 7 heteroatoms. The highest BCUT2D eigenvalue weighted by atomic mass is 35.5. The Morgan fingerprint density at radius 2 is 2.20 bits per heavy atom. The zero-order chi connectivity index (χ0) is 15.3. The molecule has 0 saturated carbocycles. The second-order valence-corrected chi connectivity index (χ2v) is 5.55. The molecule has 6 nitrogen and oxygen atoms in total. The van der Waals surface area contributed by atoms with Crippen LogP contribution in [0, 0.1) is 0 Å². The van der Waals surface area contributed by atoms with Gasteiger partial charge < -0.3 is 10.1 Å².